The monoisotopic (exact) mass is 403 g/mol. The molecule has 1 unspecified atom stereocenters. The molecule has 0 aliphatic carbocycles. The van der Waals surface area contributed by atoms with Crippen LogP contribution in [0.1, 0.15) is 24.4 Å². The van der Waals surface area contributed by atoms with Crippen LogP contribution in [-0.4, -0.2) is 31.2 Å². The Kier molecular flexibility index (Phi) is 4.24. The van der Waals surface area contributed by atoms with Crippen LogP contribution in [0.25, 0.3) is 21.7 Å². The summed E-state index contributed by atoms with van der Waals surface area (Å²) in [5.74, 6) is 0.802. The molecule has 146 valence electrons. The Balaban J connectivity index is 1.68. The fraction of sp³-hybridized carbons (Fsp3) is 0.217. The van der Waals surface area contributed by atoms with E-state index in [0.29, 0.717) is 4.90 Å². The first-order valence-corrected chi connectivity index (χ1v) is 11.6. The van der Waals surface area contributed by atoms with Crippen molar-refractivity contribution in [3.05, 3.63) is 72.6 Å². The van der Waals surface area contributed by atoms with Crippen molar-refractivity contribution in [1.29, 1.82) is 0 Å². The van der Waals surface area contributed by atoms with Crippen LogP contribution in [0.3, 0.4) is 0 Å². The molecule has 0 N–H and O–H groups in total. The Morgan fingerprint density at radius 3 is 2.66 bits per heavy atom. The second-order valence-corrected chi connectivity index (χ2v) is 9.58. The molecule has 4 aromatic rings. The normalized spacial score (nSPS) is 17.3. The van der Waals surface area contributed by atoms with Crippen LogP contribution in [0.2, 0.25) is 0 Å². The lowest BCUT2D eigenvalue weighted by molar-refractivity contribution is 0.602. The van der Waals surface area contributed by atoms with Gasteiger partial charge >= 0.3 is 0 Å². The number of rotatable bonds is 3. The summed E-state index contributed by atoms with van der Waals surface area (Å²) in [7, 11) is -3.30. The molecule has 0 radical (unpaired) electrons. The van der Waals surface area contributed by atoms with E-state index in [0.717, 1.165) is 36.1 Å². The average molecular weight is 404 g/mol. The van der Waals surface area contributed by atoms with E-state index < -0.39 is 9.84 Å². The second-order valence-electron chi connectivity index (χ2n) is 7.57. The summed E-state index contributed by atoms with van der Waals surface area (Å²) in [6.07, 6.45) is 4.89. The molecule has 0 saturated carbocycles. The molecule has 1 aliphatic rings. The number of sulfone groups is 1. The minimum atomic E-state index is -3.30. The lowest BCUT2D eigenvalue weighted by Crippen LogP contribution is -2.24. The molecule has 1 aromatic heterocycles. The summed E-state index contributed by atoms with van der Waals surface area (Å²) in [4.78, 5) is 11.5. The zero-order chi connectivity index (χ0) is 20.0. The van der Waals surface area contributed by atoms with Gasteiger partial charge < -0.3 is 4.90 Å². The molecule has 1 saturated heterocycles. The SMILES string of the molecule is CS(=O)(=O)c1ccc2ncnc(N3CCCC3c3cccc4ccccc34)c2c1. The maximum Gasteiger partial charge on any atom is 0.175 e. The zero-order valence-electron chi connectivity index (χ0n) is 16.1. The van der Waals surface area contributed by atoms with Crippen LogP contribution in [0.5, 0.6) is 0 Å². The fourth-order valence-electron chi connectivity index (χ4n) is 4.37. The number of hydrogen-bond donors (Lipinski definition) is 0. The van der Waals surface area contributed by atoms with Crippen LogP contribution in [-0.2, 0) is 9.84 Å². The summed E-state index contributed by atoms with van der Waals surface area (Å²) in [5.41, 5.74) is 2.04. The minimum Gasteiger partial charge on any atom is -0.349 e. The molecule has 29 heavy (non-hydrogen) atoms. The quantitative estimate of drug-likeness (QED) is 0.503. The van der Waals surface area contributed by atoms with Gasteiger partial charge in [0.1, 0.15) is 12.1 Å². The Labute approximate surface area is 169 Å². The van der Waals surface area contributed by atoms with E-state index in [1.807, 2.05) is 0 Å². The molecule has 2 heterocycles. The third kappa shape index (κ3) is 3.13. The summed E-state index contributed by atoms with van der Waals surface area (Å²) in [6, 6.07) is 20.1. The predicted octanol–water partition coefficient (Wildman–Crippen LogP) is 4.53. The molecule has 0 amide bonds. The summed E-state index contributed by atoms with van der Waals surface area (Å²) in [5, 5.41) is 3.26. The lowest BCUT2D eigenvalue weighted by Gasteiger charge is -2.28. The number of nitrogens with zero attached hydrogens (tertiary/aromatic N) is 3. The number of fused-ring (bicyclic) bond motifs is 2. The van der Waals surface area contributed by atoms with E-state index in [4.69, 9.17) is 0 Å². The van der Waals surface area contributed by atoms with Crippen LogP contribution in [0, 0.1) is 0 Å². The van der Waals surface area contributed by atoms with Crippen LogP contribution < -0.4 is 4.90 Å². The minimum absolute atomic E-state index is 0.195. The van der Waals surface area contributed by atoms with Gasteiger partial charge in [0.15, 0.2) is 9.84 Å². The van der Waals surface area contributed by atoms with Crippen molar-refractivity contribution in [2.24, 2.45) is 0 Å². The molecular weight excluding hydrogens is 382 g/mol. The van der Waals surface area contributed by atoms with Crippen molar-refractivity contribution in [2.75, 3.05) is 17.7 Å². The first kappa shape index (κ1) is 18.1. The third-order valence-electron chi connectivity index (χ3n) is 5.72. The Morgan fingerprint density at radius 1 is 0.966 bits per heavy atom. The lowest BCUT2D eigenvalue weighted by atomic mass is 9.97. The van der Waals surface area contributed by atoms with Crippen molar-refractivity contribution in [3.8, 4) is 0 Å². The molecule has 1 atom stereocenters. The van der Waals surface area contributed by atoms with E-state index in [1.165, 1.54) is 22.6 Å². The van der Waals surface area contributed by atoms with Gasteiger partial charge in [-0.25, -0.2) is 18.4 Å². The van der Waals surface area contributed by atoms with Gasteiger partial charge in [-0.05, 0) is 47.4 Å². The third-order valence-corrected chi connectivity index (χ3v) is 6.83. The molecule has 0 spiro atoms. The summed E-state index contributed by atoms with van der Waals surface area (Å²) < 4.78 is 24.2. The number of aromatic nitrogens is 2. The van der Waals surface area contributed by atoms with Crippen molar-refractivity contribution in [1.82, 2.24) is 9.97 Å². The fourth-order valence-corrected chi connectivity index (χ4v) is 5.01. The van der Waals surface area contributed by atoms with E-state index in [9.17, 15) is 8.42 Å². The van der Waals surface area contributed by atoms with Crippen LogP contribution in [0.4, 0.5) is 5.82 Å². The number of benzene rings is 3. The first-order chi connectivity index (χ1) is 14.0. The Hall–Kier alpha value is -2.99. The maximum absolute atomic E-state index is 12.1. The Morgan fingerprint density at radius 2 is 1.79 bits per heavy atom. The predicted molar refractivity (Wildman–Crippen MR) is 116 cm³/mol. The van der Waals surface area contributed by atoms with Gasteiger partial charge in [-0.2, -0.15) is 0 Å². The first-order valence-electron chi connectivity index (χ1n) is 9.71. The summed E-state index contributed by atoms with van der Waals surface area (Å²) in [6.45, 7) is 0.878. The average Bonchev–Trinajstić information content (AvgIpc) is 3.21. The molecule has 5 rings (SSSR count). The van der Waals surface area contributed by atoms with Gasteiger partial charge in [-0.15, -0.1) is 0 Å². The molecule has 0 bridgehead atoms. The van der Waals surface area contributed by atoms with E-state index in [2.05, 4.69) is 57.3 Å². The highest BCUT2D eigenvalue weighted by molar-refractivity contribution is 7.90. The summed E-state index contributed by atoms with van der Waals surface area (Å²) >= 11 is 0. The standard InChI is InChI=1S/C23H21N3O2S/c1-29(27,28)17-11-12-21-20(14-17)23(25-15-24-21)26-13-5-10-22(26)19-9-4-7-16-6-2-3-8-18(16)19/h2-4,6-9,11-12,14-15,22H,5,10,13H2,1H3. The molecule has 1 aliphatic heterocycles. The number of hydrogen-bond acceptors (Lipinski definition) is 5. The molecular formula is C23H21N3O2S. The van der Waals surface area contributed by atoms with Crippen molar-refractivity contribution >= 4 is 37.3 Å². The highest BCUT2D eigenvalue weighted by Gasteiger charge is 2.29. The maximum atomic E-state index is 12.1. The van der Waals surface area contributed by atoms with Gasteiger partial charge in [0.05, 0.1) is 16.5 Å². The van der Waals surface area contributed by atoms with Crippen molar-refractivity contribution in [3.63, 3.8) is 0 Å². The molecule has 3 aromatic carbocycles. The Bertz CT molecular complexity index is 1330. The topological polar surface area (TPSA) is 63.2 Å². The van der Waals surface area contributed by atoms with Gasteiger partial charge in [-0.3, -0.25) is 0 Å². The zero-order valence-corrected chi connectivity index (χ0v) is 16.9. The molecule has 1 fully saturated rings. The van der Waals surface area contributed by atoms with Crippen LogP contribution in [0.15, 0.2) is 71.9 Å². The van der Waals surface area contributed by atoms with Crippen molar-refractivity contribution in [2.45, 2.75) is 23.8 Å². The smallest absolute Gasteiger partial charge is 0.175 e. The molecule has 6 heteroatoms. The second kappa shape index (κ2) is 6.81. The highest BCUT2D eigenvalue weighted by atomic mass is 32.2. The highest BCUT2D eigenvalue weighted by Crippen LogP contribution is 2.40. The number of anilines is 1. The van der Waals surface area contributed by atoms with E-state index >= 15 is 0 Å². The van der Waals surface area contributed by atoms with Crippen LogP contribution >= 0.6 is 0 Å². The van der Waals surface area contributed by atoms with Gasteiger partial charge in [0.25, 0.3) is 0 Å². The van der Waals surface area contributed by atoms with Gasteiger partial charge in [0, 0.05) is 18.2 Å². The van der Waals surface area contributed by atoms with E-state index in [-0.39, 0.29) is 6.04 Å². The van der Waals surface area contributed by atoms with Crippen molar-refractivity contribution < 1.29 is 8.42 Å². The molecule has 5 nitrogen and oxygen atoms in total. The van der Waals surface area contributed by atoms with Gasteiger partial charge in [0.2, 0.25) is 0 Å². The van der Waals surface area contributed by atoms with Gasteiger partial charge in [-0.1, -0.05) is 42.5 Å². The largest absolute Gasteiger partial charge is 0.349 e. The van der Waals surface area contributed by atoms with E-state index in [1.54, 1.807) is 24.5 Å².